The van der Waals surface area contributed by atoms with Gasteiger partial charge in [0.15, 0.2) is 0 Å². The topological polar surface area (TPSA) is 108 Å². The molecule has 1 rings (SSSR count). The molecule has 7 nitrogen and oxygen atoms in total. The Labute approximate surface area is 98.9 Å². The molecular formula is C10H17N3O4. The van der Waals surface area contributed by atoms with Crippen molar-refractivity contribution < 1.29 is 19.5 Å². The zero-order valence-corrected chi connectivity index (χ0v) is 9.66. The maximum absolute atomic E-state index is 11.2. The second-order valence-corrected chi connectivity index (χ2v) is 4.21. The van der Waals surface area contributed by atoms with Gasteiger partial charge in [-0.1, -0.05) is 6.92 Å². The summed E-state index contributed by atoms with van der Waals surface area (Å²) in [5.41, 5.74) is 0. The number of urea groups is 1. The summed E-state index contributed by atoms with van der Waals surface area (Å²) in [5.74, 6) is -0.441. The van der Waals surface area contributed by atoms with Crippen LogP contribution in [0, 0.1) is 11.8 Å². The molecule has 3 amide bonds. The van der Waals surface area contributed by atoms with Crippen molar-refractivity contribution in [3.8, 4) is 0 Å². The van der Waals surface area contributed by atoms with Crippen molar-refractivity contribution in [2.75, 3.05) is 19.6 Å². The Morgan fingerprint density at radius 3 is 2.35 bits per heavy atom. The van der Waals surface area contributed by atoms with Gasteiger partial charge in [0.05, 0.1) is 6.54 Å². The summed E-state index contributed by atoms with van der Waals surface area (Å²) in [6.45, 7) is 2.06. The van der Waals surface area contributed by atoms with E-state index in [4.69, 9.17) is 5.11 Å². The average molecular weight is 243 g/mol. The quantitative estimate of drug-likeness (QED) is 0.487. The van der Waals surface area contributed by atoms with E-state index in [0.717, 1.165) is 6.42 Å². The maximum atomic E-state index is 11.2. The van der Waals surface area contributed by atoms with Crippen LogP contribution in [0.4, 0.5) is 4.79 Å². The first kappa shape index (κ1) is 13.3. The lowest BCUT2D eigenvalue weighted by Gasteiger charge is -2.06. The van der Waals surface area contributed by atoms with Crippen LogP contribution in [-0.2, 0) is 9.59 Å². The van der Waals surface area contributed by atoms with Crippen molar-refractivity contribution >= 4 is 17.9 Å². The minimum atomic E-state index is -1.12. The van der Waals surface area contributed by atoms with Crippen molar-refractivity contribution in [1.82, 2.24) is 16.0 Å². The van der Waals surface area contributed by atoms with Crippen LogP contribution in [0.5, 0.6) is 0 Å². The molecule has 17 heavy (non-hydrogen) atoms. The largest absolute Gasteiger partial charge is 0.480 e. The number of rotatable bonds is 6. The van der Waals surface area contributed by atoms with E-state index in [9.17, 15) is 14.4 Å². The molecule has 2 unspecified atom stereocenters. The molecule has 0 spiro atoms. The average Bonchev–Trinajstić information content (AvgIpc) is 2.97. The van der Waals surface area contributed by atoms with Gasteiger partial charge >= 0.3 is 12.0 Å². The van der Waals surface area contributed by atoms with Gasteiger partial charge in [-0.15, -0.1) is 0 Å². The van der Waals surface area contributed by atoms with E-state index < -0.39 is 24.5 Å². The highest BCUT2D eigenvalue weighted by atomic mass is 16.4. The first-order chi connectivity index (χ1) is 7.99. The minimum Gasteiger partial charge on any atom is -0.480 e. The number of hydrogen-bond donors (Lipinski definition) is 4. The number of carbonyl (C=O) groups is 3. The lowest BCUT2D eigenvalue weighted by atomic mass is 10.3. The third-order valence-corrected chi connectivity index (χ3v) is 2.65. The molecule has 2 atom stereocenters. The molecule has 0 aromatic rings. The molecule has 7 heteroatoms. The van der Waals surface area contributed by atoms with Crippen LogP contribution in [0.25, 0.3) is 0 Å². The van der Waals surface area contributed by atoms with Gasteiger partial charge in [-0.2, -0.15) is 0 Å². The third kappa shape index (κ3) is 5.74. The highest BCUT2D eigenvalue weighted by molar-refractivity contribution is 5.86. The van der Waals surface area contributed by atoms with Gasteiger partial charge in [-0.05, 0) is 18.3 Å². The number of nitrogens with one attached hydrogen (secondary N) is 3. The van der Waals surface area contributed by atoms with E-state index in [1.807, 2.05) is 0 Å². The van der Waals surface area contributed by atoms with Crippen LogP contribution in [0.15, 0.2) is 0 Å². The lowest BCUT2D eigenvalue weighted by Crippen LogP contribution is -2.43. The number of amides is 3. The molecule has 1 aliphatic carbocycles. The highest BCUT2D eigenvalue weighted by Crippen LogP contribution is 2.36. The van der Waals surface area contributed by atoms with E-state index in [-0.39, 0.29) is 6.54 Å². The van der Waals surface area contributed by atoms with Crippen molar-refractivity contribution in [1.29, 1.82) is 0 Å². The number of carboxylic acid groups (broad SMARTS) is 1. The van der Waals surface area contributed by atoms with Crippen molar-refractivity contribution in [2.24, 2.45) is 11.8 Å². The molecule has 1 saturated carbocycles. The summed E-state index contributed by atoms with van der Waals surface area (Å²) in [6, 6.07) is -0.408. The molecule has 0 heterocycles. The number of carboxylic acids is 1. The molecule has 1 aliphatic rings. The predicted octanol–water partition coefficient (Wildman–Crippen LogP) is -0.858. The van der Waals surface area contributed by atoms with E-state index >= 15 is 0 Å². The van der Waals surface area contributed by atoms with Crippen LogP contribution < -0.4 is 16.0 Å². The molecule has 96 valence electrons. The summed E-state index contributed by atoms with van der Waals surface area (Å²) in [5, 5.41) is 15.4. The number of hydrogen-bond acceptors (Lipinski definition) is 3. The van der Waals surface area contributed by atoms with Gasteiger partial charge in [-0.25, -0.2) is 4.79 Å². The summed E-state index contributed by atoms with van der Waals surface area (Å²) in [7, 11) is 0. The molecule has 0 aromatic heterocycles. The van der Waals surface area contributed by atoms with Crippen molar-refractivity contribution in [3.05, 3.63) is 0 Å². The summed E-state index contributed by atoms with van der Waals surface area (Å²) < 4.78 is 0. The molecule has 0 bridgehead atoms. The van der Waals surface area contributed by atoms with Gasteiger partial charge in [0.1, 0.15) is 6.54 Å². The minimum absolute atomic E-state index is 0.223. The van der Waals surface area contributed by atoms with E-state index in [1.54, 1.807) is 0 Å². The van der Waals surface area contributed by atoms with Gasteiger partial charge in [0.2, 0.25) is 5.91 Å². The van der Waals surface area contributed by atoms with Gasteiger partial charge in [0.25, 0.3) is 0 Å². The molecule has 1 fully saturated rings. The molecular weight excluding hydrogens is 226 g/mol. The molecule has 0 aromatic carbocycles. The Hall–Kier alpha value is -1.79. The second-order valence-electron chi connectivity index (χ2n) is 4.21. The Bertz CT molecular complexity index is 319. The van der Waals surface area contributed by atoms with Crippen molar-refractivity contribution in [2.45, 2.75) is 13.3 Å². The van der Waals surface area contributed by atoms with Gasteiger partial charge < -0.3 is 21.1 Å². The SMILES string of the molecule is CC1CC1CNC(=O)NCC(=O)NCC(=O)O. The van der Waals surface area contributed by atoms with Crippen LogP contribution in [0.2, 0.25) is 0 Å². The van der Waals surface area contributed by atoms with Crippen LogP contribution in [0.3, 0.4) is 0 Å². The predicted molar refractivity (Wildman–Crippen MR) is 59.3 cm³/mol. The van der Waals surface area contributed by atoms with E-state index in [1.165, 1.54) is 0 Å². The first-order valence-electron chi connectivity index (χ1n) is 5.49. The fourth-order valence-electron chi connectivity index (χ4n) is 1.37. The van der Waals surface area contributed by atoms with E-state index in [0.29, 0.717) is 18.4 Å². The van der Waals surface area contributed by atoms with Crippen LogP contribution in [-0.4, -0.2) is 42.6 Å². The first-order valence-corrected chi connectivity index (χ1v) is 5.49. The Morgan fingerprint density at radius 1 is 1.18 bits per heavy atom. The smallest absolute Gasteiger partial charge is 0.322 e. The molecule has 0 radical (unpaired) electrons. The molecule has 4 N–H and O–H groups in total. The maximum Gasteiger partial charge on any atom is 0.322 e. The highest BCUT2D eigenvalue weighted by Gasteiger charge is 2.32. The second kappa shape index (κ2) is 6.07. The van der Waals surface area contributed by atoms with Crippen LogP contribution in [0.1, 0.15) is 13.3 Å². The summed E-state index contributed by atoms with van der Waals surface area (Å²) in [6.07, 6.45) is 1.12. The third-order valence-electron chi connectivity index (χ3n) is 2.65. The summed E-state index contributed by atoms with van der Waals surface area (Å²) in [4.78, 5) is 32.4. The van der Waals surface area contributed by atoms with Crippen LogP contribution >= 0.6 is 0 Å². The fourth-order valence-corrected chi connectivity index (χ4v) is 1.37. The van der Waals surface area contributed by atoms with E-state index in [2.05, 4.69) is 22.9 Å². The molecule has 0 saturated heterocycles. The number of carbonyl (C=O) groups excluding carboxylic acids is 2. The Balaban J connectivity index is 2.02. The van der Waals surface area contributed by atoms with Gasteiger partial charge in [0, 0.05) is 6.54 Å². The zero-order chi connectivity index (χ0) is 12.8. The molecule has 0 aliphatic heterocycles. The fraction of sp³-hybridized carbons (Fsp3) is 0.700. The summed E-state index contributed by atoms with van der Waals surface area (Å²) >= 11 is 0. The standard InChI is InChI=1S/C10H17N3O4/c1-6-2-7(6)3-12-10(17)13-4-8(14)11-5-9(15)16/h6-7H,2-5H2,1H3,(H,11,14)(H,15,16)(H2,12,13,17). The Morgan fingerprint density at radius 2 is 1.82 bits per heavy atom. The lowest BCUT2D eigenvalue weighted by molar-refractivity contribution is -0.137. The zero-order valence-electron chi connectivity index (χ0n) is 9.66. The Kier molecular flexibility index (Phi) is 4.74. The normalized spacial score (nSPS) is 21.5. The van der Waals surface area contributed by atoms with Gasteiger partial charge in [-0.3, -0.25) is 9.59 Å². The number of aliphatic carboxylic acids is 1. The van der Waals surface area contributed by atoms with Crippen molar-refractivity contribution in [3.63, 3.8) is 0 Å². The monoisotopic (exact) mass is 243 g/mol.